The Hall–Kier alpha value is -1.89. The van der Waals surface area contributed by atoms with Crippen molar-refractivity contribution in [2.75, 3.05) is 24.7 Å². The fraction of sp³-hybridized carbons (Fsp3) is 0.278. The van der Waals surface area contributed by atoms with Gasteiger partial charge in [0, 0.05) is 17.3 Å². The molecule has 0 aliphatic rings. The molecule has 0 aromatic heterocycles. The molecule has 0 radical (unpaired) electrons. The number of halogens is 1. The maximum absolute atomic E-state index is 12.2. The summed E-state index contributed by atoms with van der Waals surface area (Å²) in [6.45, 7) is 1.88. The second-order valence-electron chi connectivity index (χ2n) is 5.84. The van der Waals surface area contributed by atoms with E-state index in [1.54, 1.807) is 18.2 Å². The van der Waals surface area contributed by atoms with Crippen molar-refractivity contribution in [3.63, 3.8) is 0 Å². The van der Waals surface area contributed by atoms with Crippen molar-refractivity contribution >= 4 is 33.2 Å². The van der Waals surface area contributed by atoms with E-state index in [4.69, 9.17) is 11.6 Å². The van der Waals surface area contributed by atoms with Crippen LogP contribution in [-0.2, 0) is 21.2 Å². The second-order valence-corrected chi connectivity index (χ2v) is 8.25. The first-order valence-corrected chi connectivity index (χ1v) is 10.0. The van der Waals surface area contributed by atoms with E-state index in [1.165, 1.54) is 4.31 Å². The van der Waals surface area contributed by atoms with Gasteiger partial charge in [-0.05, 0) is 42.7 Å². The molecule has 7 heteroatoms. The number of carbonyl (C=O) groups is 1. The molecule has 25 heavy (non-hydrogen) atoms. The summed E-state index contributed by atoms with van der Waals surface area (Å²) < 4.78 is 25.1. The Balaban J connectivity index is 2.01. The zero-order chi connectivity index (χ0) is 18.4. The van der Waals surface area contributed by atoms with Crippen LogP contribution in [0.5, 0.6) is 0 Å². The topological polar surface area (TPSA) is 66.5 Å². The van der Waals surface area contributed by atoms with E-state index in [0.717, 1.165) is 17.4 Å². The Morgan fingerprint density at radius 1 is 1.12 bits per heavy atom. The first kappa shape index (κ1) is 19.4. The fourth-order valence-corrected chi connectivity index (χ4v) is 3.23. The van der Waals surface area contributed by atoms with Gasteiger partial charge in [-0.15, -0.1) is 0 Å². The minimum Gasteiger partial charge on any atom is -0.325 e. The molecule has 1 N–H and O–H groups in total. The van der Waals surface area contributed by atoms with Crippen LogP contribution >= 0.6 is 11.6 Å². The molecule has 0 saturated heterocycles. The minimum absolute atomic E-state index is 0.221. The van der Waals surface area contributed by atoms with Crippen LogP contribution < -0.4 is 5.32 Å². The molecule has 2 aromatic rings. The van der Waals surface area contributed by atoms with E-state index >= 15 is 0 Å². The largest absolute Gasteiger partial charge is 0.325 e. The van der Waals surface area contributed by atoms with Crippen LogP contribution in [0.4, 0.5) is 5.69 Å². The van der Waals surface area contributed by atoms with E-state index in [1.807, 2.05) is 37.3 Å². The summed E-state index contributed by atoms with van der Waals surface area (Å²) in [4.78, 5) is 12.2. The lowest BCUT2D eigenvalue weighted by molar-refractivity contribution is -0.116. The van der Waals surface area contributed by atoms with Gasteiger partial charge in [0.15, 0.2) is 0 Å². The zero-order valence-corrected chi connectivity index (χ0v) is 15.8. The number of rotatable bonds is 7. The summed E-state index contributed by atoms with van der Waals surface area (Å²) in [6, 6.07) is 14.6. The molecule has 0 saturated carbocycles. The highest BCUT2D eigenvalue weighted by atomic mass is 35.5. The SMILES string of the molecule is Cc1ccccc1NC(=O)CN(CCc1ccc(Cl)cc1)S(C)(=O)=O. The summed E-state index contributed by atoms with van der Waals surface area (Å²) in [5, 5.41) is 3.38. The molecule has 0 aliphatic carbocycles. The van der Waals surface area contributed by atoms with Gasteiger partial charge >= 0.3 is 0 Å². The van der Waals surface area contributed by atoms with Crippen LogP contribution in [0, 0.1) is 6.92 Å². The third-order valence-electron chi connectivity index (χ3n) is 3.77. The molecule has 1 amide bonds. The number of nitrogens with one attached hydrogen (secondary N) is 1. The smallest absolute Gasteiger partial charge is 0.239 e. The van der Waals surface area contributed by atoms with E-state index < -0.39 is 10.0 Å². The Kier molecular flexibility index (Phi) is 6.58. The number of hydrogen-bond donors (Lipinski definition) is 1. The number of hydrogen-bond acceptors (Lipinski definition) is 3. The molecular formula is C18H21ClN2O3S. The first-order valence-electron chi connectivity index (χ1n) is 7.81. The molecule has 5 nitrogen and oxygen atoms in total. The number of nitrogens with zero attached hydrogens (tertiary/aromatic N) is 1. The van der Waals surface area contributed by atoms with E-state index in [0.29, 0.717) is 17.1 Å². The molecule has 2 aromatic carbocycles. The van der Waals surface area contributed by atoms with Gasteiger partial charge in [-0.2, -0.15) is 4.31 Å². The highest BCUT2D eigenvalue weighted by Crippen LogP contribution is 2.14. The first-order chi connectivity index (χ1) is 11.8. The van der Waals surface area contributed by atoms with Crippen molar-refractivity contribution in [3.8, 4) is 0 Å². The highest BCUT2D eigenvalue weighted by Gasteiger charge is 2.20. The average Bonchev–Trinajstić information content (AvgIpc) is 2.54. The van der Waals surface area contributed by atoms with Crippen LogP contribution in [0.3, 0.4) is 0 Å². The summed E-state index contributed by atoms with van der Waals surface area (Å²) in [7, 11) is -3.49. The molecule has 0 heterocycles. The van der Waals surface area contributed by atoms with Gasteiger partial charge < -0.3 is 5.32 Å². The minimum atomic E-state index is -3.49. The molecule has 0 fully saturated rings. The molecule has 2 rings (SSSR count). The number of benzene rings is 2. The lowest BCUT2D eigenvalue weighted by Crippen LogP contribution is -2.38. The van der Waals surface area contributed by atoms with Crippen molar-refractivity contribution in [2.45, 2.75) is 13.3 Å². The molecule has 0 unspecified atom stereocenters. The average molecular weight is 381 g/mol. The van der Waals surface area contributed by atoms with Crippen LogP contribution in [0.1, 0.15) is 11.1 Å². The third kappa shape index (κ3) is 6.16. The molecule has 134 valence electrons. The number of aryl methyl sites for hydroxylation is 1. The van der Waals surface area contributed by atoms with Crippen LogP contribution in [-0.4, -0.2) is 38.0 Å². The number of carbonyl (C=O) groups excluding carboxylic acids is 1. The number of sulfonamides is 1. The maximum Gasteiger partial charge on any atom is 0.239 e. The van der Waals surface area contributed by atoms with Gasteiger partial charge in [0.2, 0.25) is 15.9 Å². The zero-order valence-electron chi connectivity index (χ0n) is 14.2. The van der Waals surface area contributed by atoms with Gasteiger partial charge in [0.1, 0.15) is 0 Å². The van der Waals surface area contributed by atoms with Crippen molar-refractivity contribution in [3.05, 3.63) is 64.7 Å². The quantitative estimate of drug-likeness (QED) is 0.802. The molecule has 0 bridgehead atoms. The summed E-state index contributed by atoms with van der Waals surface area (Å²) in [6.07, 6.45) is 1.61. The van der Waals surface area contributed by atoms with Crippen molar-refractivity contribution < 1.29 is 13.2 Å². The van der Waals surface area contributed by atoms with Gasteiger partial charge in [0.25, 0.3) is 0 Å². The highest BCUT2D eigenvalue weighted by molar-refractivity contribution is 7.88. The summed E-state index contributed by atoms with van der Waals surface area (Å²) in [5.74, 6) is -0.365. The van der Waals surface area contributed by atoms with Gasteiger partial charge in [-0.3, -0.25) is 4.79 Å². The Morgan fingerprint density at radius 2 is 1.76 bits per heavy atom. The molecule has 0 atom stereocenters. The lowest BCUT2D eigenvalue weighted by Gasteiger charge is -2.20. The Bertz CT molecular complexity index is 836. The summed E-state index contributed by atoms with van der Waals surface area (Å²) in [5.41, 5.74) is 2.55. The number of amides is 1. The predicted molar refractivity (Wildman–Crippen MR) is 101 cm³/mol. The van der Waals surface area contributed by atoms with Crippen molar-refractivity contribution in [1.29, 1.82) is 0 Å². The van der Waals surface area contributed by atoms with Crippen LogP contribution in [0.25, 0.3) is 0 Å². The maximum atomic E-state index is 12.2. The fourth-order valence-electron chi connectivity index (χ4n) is 2.33. The lowest BCUT2D eigenvalue weighted by atomic mass is 10.1. The Labute approximate surface area is 153 Å². The monoisotopic (exact) mass is 380 g/mol. The van der Waals surface area contributed by atoms with Crippen LogP contribution in [0.15, 0.2) is 48.5 Å². The van der Waals surface area contributed by atoms with Gasteiger partial charge in [0.05, 0.1) is 12.8 Å². The predicted octanol–water partition coefficient (Wildman–Crippen LogP) is 3.09. The van der Waals surface area contributed by atoms with Crippen molar-refractivity contribution in [1.82, 2.24) is 4.31 Å². The standard InChI is InChI=1S/C18H21ClN2O3S/c1-14-5-3-4-6-17(14)20-18(22)13-21(25(2,23)24)12-11-15-7-9-16(19)10-8-15/h3-10H,11-13H2,1-2H3,(H,20,22). The van der Waals surface area contributed by atoms with E-state index in [2.05, 4.69) is 5.32 Å². The molecule has 0 spiro atoms. The normalized spacial score (nSPS) is 11.5. The number of anilines is 1. The molecular weight excluding hydrogens is 360 g/mol. The van der Waals surface area contributed by atoms with E-state index in [-0.39, 0.29) is 19.0 Å². The van der Waals surface area contributed by atoms with Gasteiger partial charge in [-0.1, -0.05) is 41.9 Å². The third-order valence-corrected chi connectivity index (χ3v) is 5.27. The Morgan fingerprint density at radius 3 is 2.36 bits per heavy atom. The van der Waals surface area contributed by atoms with Gasteiger partial charge in [-0.25, -0.2) is 8.42 Å². The van der Waals surface area contributed by atoms with E-state index in [9.17, 15) is 13.2 Å². The second kappa shape index (κ2) is 8.47. The van der Waals surface area contributed by atoms with Crippen LogP contribution in [0.2, 0.25) is 5.02 Å². The molecule has 0 aliphatic heterocycles. The summed E-state index contributed by atoms with van der Waals surface area (Å²) >= 11 is 5.85. The van der Waals surface area contributed by atoms with Crippen molar-refractivity contribution in [2.24, 2.45) is 0 Å². The number of para-hydroxylation sites is 1.